The van der Waals surface area contributed by atoms with Crippen LogP contribution in [0.3, 0.4) is 0 Å². The zero-order valence-corrected chi connectivity index (χ0v) is 11.7. The number of sulfonamides is 1. The molecule has 0 amide bonds. The van der Waals surface area contributed by atoms with Crippen molar-refractivity contribution < 1.29 is 8.42 Å². The van der Waals surface area contributed by atoms with Gasteiger partial charge >= 0.3 is 0 Å². The molecule has 98 valence electrons. The van der Waals surface area contributed by atoms with Gasteiger partial charge in [-0.1, -0.05) is 11.6 Å². The Kier molecular flexibility index (Phi) is 4.57. The van der Waals surface area contributed by atoms with E-state index >= 15 is 0 Å². The Morgan fingerprint density at radius 1 is 1.56 bits per heavy atom. The number of anilines is 1. The molecule has 1 aromatic rings. The van der Waals surface area contributed by atoms with Crippen molar-refractivity contribution in [3.05, 3.63) is 23.2 Å². The van der Waals surface area contributed by atoms with Gasteiger partial charge in [0, 0.05) is 18.6 Å². The monoisotopic (exact) mass is 287 g/mol. The van der Waals surface area contributed by atoms with E-state index in [-0.39, 0.29) is 17.1 Å². The second kappa shape index (κ2) is 5.57. The average molecular weight is 288 g/mol. The van der Waals surface area contributed by atoms with E-state index in [1.165, 1.54) is 25.2 Å². The molecule has 0 aromatic heterocycles. The number of nitrogens with two attached hydrogens (primary N) is 1. The molecule has 1 atom stereocenters. The molecule has 0 bridgehead atoms. The third-order valence-corrected chi connectivity index (χ3v) is 4.53. The Labute approximate surface area is 112 Å². The van der Waals surface area contributed by atoms with E-state index in [0.29, 0.717) is 5.02 Å². The van der Waals surface area contributed by atoms with Gasteiger partial charge in [-0.25, -0.2) is 8.42 Å². The summed E-state index contributed by atoms with van der Waals surface area (Å²) in [5.41, 5.74) is 5.78. The highest BCUT2D eigenvalue weighted by Crippen LogP contribution is 2.25. The Morgan fingerprint density at radius 2 is 2.17 bits per heavy atom. The highest BCUT2D eigenvalue weighted by atomic mass is 35.5. The minimum absolute atomic E-state index is 0.0392. The maximum atomic E-state index is 12.2. The summed E-state index contributed by atoms with van der Waals surface area (Å²) < 4.78 is 25.6. The fraction of sp³-hybridized carbons (Fsp3) is 0.364. The van der Waals surface area contributed by atoms with Crippen LogP contribution in [0, 0.1) is 17.2 Å². The lowest BCUT2D eigenvalue weighted by molar-refractivity contribution is 0.439. The molecule has 7 heteroatoms. The Balaban J connectivity index is 3.14. The maximum Gasteiger partial charge on any atom is 0.244 e. The zero-order valence-electron chi connectivity index (χ0n) is 10.1. The largest absolute Gasteiger partial charge is 0.398 e. The van der Waals surface area contributed by atoms with Gasteiger partial charge in [-0.2, -0.15) is 9.57 Å². The lowest BCUT2D eigenvalue weighted by Crippen LogP contribution is -2.31. The van der Waals surface area contributed by atoms with Crippen molar-refractivity contribution in [1.82, 2.24) is 4.31 Å². The predicted molar refractivity (Wildman–Crippen MR) is 70.5 cm³/mol. The van der Waals surface area contributed by atoms with E-state index in [4.69, 9.17) is 22.6 Å². The second-order valence-corrected chi connectivity index (χ2v) is 6.45. The van der Waals surface area contributed by atoms with E-state index in [1.54, 1.807) is 6.92 Å². The van der Waals surface area contributed by atoms with Crippen molar-refractivity contribution in [2.24, 2.45) is 5.92 Å². The zero-order chi connectivity index (χ0) is 13.9. The third kappa shape index (κ3) is 3.13. The summed E-state index contributed by atoms with van der Waals surface area (Å²) in [6, 6.07) is 6.25. The molecule has 0 aliphatic heterocycles. The van der Waals surface area contributed by atoms with Crippen LogP contribution in [0.2, 0.25) is 5.02 Å². The van der Waals surface area contributed by atoms with Gasteiger partial charge in [0.1, 0.15) is 4.90 Å². The van der Waals surface area contributed by atoms with E-state index in [2.05, 4.69) is 0 Å². The molecule has 1 unspecified atom stereocenters. The first-order valence-corrected chi connectivity index (χ1v) is 7.02. The number of hydrogen-bond donors (Lipinski definition) is 1. The van der Waals surface area contributed by atoms with E-state index in [1.807, 2.05) is 6.07 Å². The van der Waals surface area contributed by atoms with Crippen LogP contribution in [0.25, 0.3) is 0 Å². The molecule has 1 aromatic carbocycles. The highest BCUT2D eigenvalue weighted by molar-refractivity contribution is 7.89. The van der Waals surface area contributed by atoms with Crippen molar-refractivity contribution in [1.29, 1.82) is 5.26 Å². The first-order valence-electron chi connectivity index (χ1n) is 5.20. The van der Waals surface area contributed by atoms with Gasteiger partial charge in [0.05, 0.1) is 17.7 Å². The normalized spacial score (nSPS) is 13.3. The lowest BCUT2D eigenvalue weighted by atomic mass is 10.2. The fourth-order valence-electron chi connectivity index (χ4n) is 1.42. The number of nitrogens with zero attached hydrogens (tertiary/aromatic N) is 2. The number of nitriles is 1. The number of rotatable bonds is 4. The quantitative estimate of drug-likeness (QED) is 0.854. The summed E-state index contributed by atoms with van der Waals surface area (Å²) in [5.74, 6) is -0.398. The average Bonchev–Trinajstić information content (AvgIpc) is 2.31. The summed E-state index contributed by atoms with van der Waals surface area (Å²) in [6.07, 6.45) is 0. The number of benzene rings is 1. The van der Waals surface area contributed by atoms with Gasteiger partial charge in [0.15, 0.2) is 0 Å². The third-order valence-electron chi connectivity index (χ3n) is 2.42. The molecule has 0 fully saturated rings. The van der Waals surface area contributed by atoms with Crippen molar-refractivity contribution in [3.8, 4) is 6.07 Å². The number of halogens is 1. The van der Waals surface area contributed by atoms with Gasteiger partial charge in [-0.05, 0) is 25.1 Å². The van der Waals surface area contributed by atoms with Crippen LogP contribution in [0.5, 0.6) is 0 Å². The van der Waals surface area contributed by atoms with Gasteiger partial charge in [0.2, 0.25) is 10.0 Å². The standard InChI is InChI=1S/C11H14ClN3O2S/c1-8(6-13)7-15(2)18(16,17)11-5-9(12)3-4-10(11)14/h3-5,8H,7,14H2,1-2H3. The number of hydrogen-bond acceptors (Lipinski definition) is 4. The molecule has 0 heterocycles. The van der Waals surface area contributed by atoms with Crippen LogP contribution in [0.15, 0.2) is 23.1 Å². The summed E-state index contributed by atoms with van der Waals surface area (Å²) in [5, 5.41) is 9.00. The van der Waals surface area contributed by atoms with Crippen molar-refractivity contribution in [3.63, 3.8) is 0 Å². The SMILES string of the molecule is CC(C#N)CN(C)S(=O)(=O)c1cc(Cl)ccc1N. The molecule has 0 aliphatic carbocycles. The molecule has 18 heavy (non-hydrogen) atoms. The molecule has 1 rings (SSSR count). The van der Waals surface area contributed by atoms with Crippen LogP contribution in [0.4, 0.5) is 5.69 Å². The van der Waals surface area contributed by atoms with Gasteiger partial charge in [0.25, 0.3) is 0 Å². The summed E-state index contributed by atoms with van der Waals surface area (Å²) >= 11 is 5.77. The predicted octanol–water partition coefficient (Wildman–Crippen LogP) is 1.70. The van der Waals surface area contributed by atoms with Crippen LogP contribution in [-0.2, 0) is 10.0 Å². The number of nitrogen functional groups attached to an aromatic ring is 1. The maximum absolute atomic E-state index is 12.2. The Hall–Kier alpha value is -1.29. The molecule has 0 saturated carbocycles. The van der Waals surface area contributed by atoms with Crippen molar-refractivity contribution >= 4 is 27.3 Å². The molecular weight excluding hydrogens is 274 g/mol. The van der Waals surface area contributed by atoms with Crippen molar-refractivity contribution in [2.75, 3.05) is 19.3 Å². The second-order valence-electron chi connectivity index (χ2n) is 4.00. The Bertz CT molecular complexity index is 580. The summed E-state index contributed by atoms with van der Waals surface area (Å²) in [7, 11) is -2.32. The van der Waals surface area contributed by atoms with E-state index < -0.39 is 15.9 Å². The molecule has 0 radical (unpaired) electrons. The smallest absolute Gasteiger partial charge is 0.244 e. The van der Waals surface area contributed by atoms with Crippen LogP contribution >= 0.6 is 11.6 Å². The van der Waals surface area contributed by atoms with Crippen LogP contribution in [0.1, 0.15) is 6.92 Å². The molecule has 0 spiro atoms. The summed E-state index contributed by atoms with van der Waals surface area (Å²) in [6.45, 7) is 1.75. The van der Waals surface area contributed by atoms with Crippen molar-refractivity contribution in [2.45, 2.75) is 11.8 Å². The lowest BCUT2D eigenvalue weighted by Gasteiger charge is -2.19. The molecule has 0 aliphatic rings. The Morgan fingerprint density at radius 3 is 2.72 bits per heavy atom. The summed E-state index contributed by atoms with van der Waals surface area (Å²) in [4.78, 5) is -0.0392. The van der Waals surface area contributed by atoms with E-state index in [0.717, 1.165) is 4.31 Å². The van der Waals surface area contributed by atoms with Crippen LogP contribution in [-0.4, -0.2) is 26.3 Å². The fourth-order valence-corrected chi connectivity index (χ4v) is 3.06. The minimum Gasteiger partial charge on any atom is -0.398 e. The first-order chi connectivity index (χ1) is 8.28. The topological polar surface area (TPSA) is 87.2 Å². The molecule has 0 saturated heterocycles. The molecular formula is C11H14ClN3O2S. The van der Waals surface area contributed by atoms with Gasteiger partial charge in [-0.3, -0.25) is 0 Å². The molecule has 2 N–H and O–H groups in total. The van der Waals surface area contributed by atoms with Gasteiger partial charge in [-0.15, -0.1) is 0 Å². The first kappa shape index (κ1) is 14.8. The molecule has 5 nitrogen and oxygen atoms in total. The van der Waals surface area contributed by atoms with Crippen LogP contribution < -0.4 is 5.73 Å². The highest BCUT2D eigenvalue weighted by Gasteiger charge is 2.24. The van der Waals surface area contributed by atoms with E-state index in [9.17, 15) is 8.42 Å². The van der Waals surface area contributed by atoms with Gasteiger partial charge < -0.3 is 5.73 Å². The minimum atomic E-state index is -3.72.